The number of amides is 3. The van der Waals surface area contributed by atoms with E-state index in [1.807, 2.05) is 30.3 Å². The predicted molar refractivity (Wildman–Crippen MR) is 143 cm³/mol. The molecule has 0 bridgehead atoms. The van der Waals surface area contributed by atoms with Crippen LogP contribution in [-0.4, -0.2) is 31.4 Å². The molecule has 3 aromatic carbocycles. The highest BCUT2D eigenvalue weighted by molar-refractivity contribution is 6.40. The van der Waals surface area contributed by atoms with Gasteiger partial charge in [-0.3, -0.25) is 4.79 Å². The number of hydrogen-bond donors (Lipinski definition) is 4. The highest BCUT2D eigenvalue weighted by Crippen LogP contribution is 2.36. The van der Waals surface area contributed by atoms with Crippen LogP contribution in [0.3, 0.4) is 0 Å². The SMILES string of the molecule is O=C(CCCc1ccccc1)Nc1ccc(NCCNC(=O)Nc2c(Cl)cc(OC(F)(F)F)cc2Cl)cc1. The van der Waals surface area contributed by atoms with E-state index >= 15 is 0 Å². The van der Waals surface area contributed by atoms with E-state index in [0.717, 1.165) is 30.7 Å². The molecule has 12 heteroatoms. The molecule has 0 saturated carbocycles. The predicted octanol–water partition coefficient (Wildman–Crippen LogP) is 7.09. The van der Waals surface area contributed by atoms with Gasteiger partial charge in [-0.05, 0) is 42.7 Å². The Morgan fingerprint density at radius 1 is 0.842 bits per heavy atom. The van der Waals surface area contributed by atoms with Gasteiger partial charge in [-0.25, -0.2) is 4.79 Å². The molecular weight excluding hydrogens is 544 g/mol. The van der Waals surface area contributed by atoms with Crippen molar-refractivity contribution < 1.29 is 27.5 Å². The molecule has 0 atom stereocenters. The Balaban J connectivity index is 1.36. The van der Waals surface area contributed by atoms with Crippen molar-refractivity contribution in [3.63, 3.8) is 0 Å². The standard InChI is InChI=1S/C26H25Cl2F3N4O3/c27-21-15-20(38-26(29,30)31)16-22(28)24(21)35-25(37)33-14-13-32-18-9-11-19(12-10-18)34-23(36)8-4-7-17-5-2-1-3-6-17/h1-3,5-6,9-12,15-16,32H,4,7-8,13-14H2,(H,34,36)(H2,33,35,37). The first-order valence-corrected chi connectivity index (χ1v) is 12.3. The molecule has 0 spiro atoms. The molecule has 3 aromatic rings. The summed E-state index contributed by atoms with van der Waals surface area (Å²) in [6.45, 7) is 0.592. The first kappa shape index (κ1) is 28.9. The Kier molecular flexibility index (Phi) is 10.5. The molecule has 3 amide bonds. The zero-order chi connectivity index (χ0) is 27.5. The number of hydrogen-bond acceptors (Lipinski definition) is 4. The van der Waals surface area contributed by atoms with Crippen LogP contribution in [0.15, 0.2) is 66.7 Å². The van der Waals surface area contributed by atoms with E-state index in [1.54, 1.807) is 24.3 Å². The molecule has 7 nitrogen and oxygen atoms in total. The van der Waals surface area contributed by atoms with Crippen LogP contribution in [0.5, 0.6) is 5.75 Å². The topological polar surface area (TPSA) is 91.5 Å². The number of urea groups is 1. The molecule has 0 radical (unpaired) electrons. The van der Waals surface area contributed by atoms with Crippen LogP contribution < -0.4 is 26.0 Å². The molecule has 3 rings (SSSR count). The number of anilines is 3. The van der Waals surface area contributed by atoms with Crippen LogP contribution in [0.1, 0.15) is 18.4 Å². The summed E-state index contributed by atoms with van der Waals surface area (Å²) >= 11 is 11.9. The molecule has 0 aliphatic rings. The normalized spacial score (nSPS) is 11.0. The summed E-state index contributed by atoms with van der Waals surface area (Å²) in [6.07, 6.45) is -2.88. The number of carbonyl (C=O) groups is 2. The fraction of sp³-hybridized carbons (Fsp3) is 0.231. The summed E-state index contributed by atoms with van der Waals surface area (Å²) in [7, 11) is 0. The molecular formula is C26H25Cl2F3N4O3. The van der Waals surface area contributed by atoms with Crippen LogP contribution in [0.25, 0.3) is 0 Å². The average molecular weight is 569 g/mol. The summed E-state index contributed by atoms with van der Waals surface area (Å²) < 4.78 is 40.9. The largest absolute Gasteiger partial charge is 0.573 e. The van der Waals surface area contributed by atoms with Gasteiger partial charge in [0.05, 0.1) is 15.7 Å². The van der Waals surface area contributed by atoms with Crippen molar-refractivity contribution >= 4 is 52.2 Å². The van der Waals surface area contributed by atoms with Crippen LogP contribution in [-0.2, 0) is 11.2 Å². The van der Waals surface area contributed by atoms with Gasteiger partial charge in [0.2, 0.25) is 5.91 Å². The Labute approximate surface area is 227 Å². The van der Waals surface area contributed by atoms with Gasteiger partial charge in [-0.15, -0.1) is 13.2 Å². The van der Waals surface area contributed by atoms with E-state index in [1.165, 1.54) is 5.56 Å². The van der Waals surface area contributed by atoms with Gasteiger partial charge >= 0.3 is 12.4 Å². The van der Waals surface area contributed by atoms with Gasteiger partial charge in [0.25, 0.3) is 0 Å². The van der Waals surface area contributed by atoms with Crippen LogP contribution >= 0.6 is 23.2 Å². The quantitative estimate of drug-likeness (QED) is 0.186. The second-order valence-electron chi connectivity index (χ2n) is 8.08. The summed E-state index contributed by atoms with van der Waals surface area (Å²) in [6, 6.07) is 18.3. The molecule has 0 fully saturated rings. The Hall–Kier alpha value is -3.63. The second kappa shape index (κ2) is 13.8. The third-order valence-corrected chi connectivity index (χ3v) is 5.70. The lowest BCUT2D eigenvalue weighted by atomic mass is 10.1. The minimum Gasteiger partial charge on any atom is -0.406 e. The van der Waals surface area contributed by atoms with Gasteiger partial charge < -0.3 is 26.0 Å². The monoisotopic (exact) mass is 568 g/mol. The van der Waals surface area contributed by atoms with Crippen LogP contribution in [0, 0.1) is 0 Å². The van der Waals surface area contributed by atoms with E-state index in [2.05, 4.69) is 26.0 Å². The van der Waals surface area contributed by atoms with Gasteiger partial charge in [0.1, 0.15) is 5.75 Å². The number of rotatable bonds is 11. The Morgan fingerprint density at radius 2 is 1.47 bits per heavy atom. The highest BCUT2D eigenvalue weighted by atomic mass is 35.5. The van der Waals surface area contributed by atoms with E-state index < -0.39 is 18.1 Å². The minimum atomic E-state index is -4.90. The number of halogens is 5. The van der Waals surface area contributed by atoms with Crippen molar-refractivity contribution in [2.24, 2.45) is 0 Å². The lowest BCUT2D eigenvalue weighted by molar-refractivity contribution is -0.274. The third kappa shape index (κ3) is 10.0. The molecule has 0 heterocycles. The number of carbonyl (C=O) groups excluding carboxylic acids is 2. The molecule has 0 aromatic heterocycles. The Bertz CT molecular complexity index is 1200. The second-order valence-corrected chi connectivity index (χ2v) is 8.90. The van der Waals surface area contributed by atoms with Crippen molar-refractivity contribution in [2.45, 2.75) is 25.6 Å². The molecule has 38 heavy (non-hydrogen) atoms. The van der Waals surface area contributed by atoms with Gasteiger partial charge in [-0.1, -0.05) is 53.5 Å². The minimum absolute atomic E-state index is 0.0500. The van der Waals surface area contributed by atoms with Gasteiger partial charge in [0.15, 0.2) is 0 Å². The lowest BCUT2D eigenvalue weighted by Gasteiger charge is -2.14. The molecule has 0 aliphatic carbocycles. The number of aryl methyl sites for hydroxylation is 1. The van der Waals surface area contributed by atoms with E-state index in [-0.39, 0.29) is 28.2 Å². The number of alkyl halides is 3. The smallest absolute Gasteiger partial charge is 0.406 e. The number of benzene rings is 3. The van der Waals surface area contributed by atoms with Crippen molar-refractivity contribution in [1.29, 1.82) is 0 Å². The van der Waals surface area contributed by atoms with Crippen molar-refractivity contribution in [2.75, 3.05) is 29.0 Å². The molecule has 0 unspecified atom stereocenters. The first-order valence-electron chi connectivity index (χ1n) is 11.6. The average Bonchev–Trinajstić information content (AvgIpc) is 2.85. The van der Waals surface area contributed by atoms with E-state index in [0.29, 0.717) is 18.7 Å². The molecule has 4 N–H and O–H groups in total. The third-order valence-electron chi connectivity index (χ3n) is 5.11. The number of ether oxygens (including phenoxy) is 1. The van der Waals surface area contributed by atoms with E-state index in [9.17, 15) is 22.8 Å². The molecule has 0 aliphatic heterocycles. The maximum atomic E-state index is 12.4. The summed E-state index contributed by atoms with van der Waals surface area (Å²) in [5.41, 5.74) is 2.61. The van der Waals surface area contributed by atoms with Crippen molar-refractivity contribution in [3.05, 3.63) is 82.3 Å². The maximum Gasteiger partial charge on any atom is 0.573 e. The van der Waals surface area contributed by atoms with Crippen molar-refractivity contribution in [1.82, 2.24) is 5.32 Å². The Morgan fingerprint density at radius 3 is 2.11 bits per heavy atom. The fourth-order valence-corrected chi connectivity index (χ4v) is 3.96. The summed E-state index contributed by atoms with van der Waals surface area (Å²) in [5, 5.41) is 10.5. The van der Waals surface area contributed by atoms with Gasteiger partial charge in [0, 0.05) is 43.0 Å². The number of nitrogens with one attached hydrogen (secondary N) is 4. The zero-order valence-electron chi connectivity index (χ0n) is 20.0. The molecule has 202 valence electrons. The van der Waals surface area contributed by atoms with Gasteiger partial charge in [-0.2, -0.15) is 0 Å². The maximum absolute atomic E-state index is 12.4. The lowest BCUT2D eigenvalue weighted by Crippen LogP contribution is -2.32. The van der Waals surface area contributed by atoms with Crippen molar-refractivity contribution in [3.8, 4) is 5.75 Å². The fourth-order valence-electron chi connectivity index (χ4n) is 3.40. The van der Waals surface area contributed by atoms with E-state index in [4.69, 9.17) is 23.2 Å². The summed E-state index contributed by atoms with van der Waals surface area (Å²) in [4.78, 5) is 24.3. The van der Waals surface area contributed by atoms with Crippen LogP contribution in [0.2, 0.25) is 10.0 Å². The highest BCUT2D eigenvalue weighted by Gasteiger charge is 2.31. The first-order chi connectivity index (χ1) is 18.1. The van der Waals surface area contributed by atoms with Crippen LogP contribution in [0.4, 0.5) is 35.0 Å². The summed E-state index contributed by atoms with van der Waals surface area (Å²) in [5.74, 6) is -0.657. The zero-order valence-corrected chi connectivity index (χ0v) is 21.5. The molecule has 0 saturated heterocycles.